The highest BCUT2D eigenvalue weighted by Gasteiger charge is 2.44. The van der Waals surface area contributed by atoms with Crippen LogP contribution in [0.2, 0.25) is 0 Å². The number of nitrogens with one attached hydrogen (secondary N) is 3. The molecule has 1 amide bonds. The number of para-hydroxylation sites is 2. The van der Waals surface area contributed by atoms with Gasteiger partial charge in [0.2, 0.25) is 5.91 Å². The van der Waals surface area contributed by atoms with Crippen LogP contribution in [-0.2, 0) is 4.79 Å². The third-order valence-corrected chi connectivity index (χ3v) is 6.29. The summed E-state index contributed by atoms with van der Waals surface area (Å²) in [5, 5.41) is 0. The molecule has 3 fully saturated rings. The Labute approximate surface area is 147 Å². The van der Waals surface area contributed by atoms with E-state index in [-0.39, 0.29) is 11.9 Å². The van der Waals surface area contributed by atoms with Gasteiger partial charge in [-0.2, -0.15) is 0 Å². The Morgan fingerprint density at radius 1 is 1.08 bits per heavy atom. The minimum atomic E-state index is -0.0322. The van der Waals surface area contributed by atoms with E-state index in [2.05, 4.69) is 26.8 Å². The Hall–Kier alpha value is -1.92. The van der Waals surface area contributed by atoms with Crippen LogP contribution in [0.1, 0.15) is 43.8 Å². The van der Waals surface area contributed by atoms with Gasteiger partial charge >= 0.3 is 0 Å². The van der Waals surface area contributed by atoms with E-state index in [0.29, 0.717) is 17.9 Å². The molecule has 1 aromatic carbocycles. The van der Waals surface area contributed by atoms with Crippen molar-refractivity contribution in [1.82, 2.24) is 25.7 Å². The first-order valence-corrected chi connectivity index (χ1v) is 9.54. The minimum Gasteiger partial charge on any atom is -0.342 e. The third-order valence-electron chi connectivity index (χ3n) is 6.29. The Kier molecular flexibility index (Phi) is 3.75. The first-order valence-electron chi connectivity index (χ1n) is 9.54. The smallest absolute Gasteiger partial charge is 0.241 e. The van der Waals surface area contributed by atoms with Crippen LogP contribution in [-0.4, -0.2) is 45.9 Å². The van der Waals surface area contributed by atoms with Crippen LogP contribution in [0.25, 0.3) is 11.0 Å². The molecule has 0 spiro atoms. The first-order chi connectivity index (χ1) is 12.3. The topological polar surface area (TPSA) is 73.1 Å². The van der Waals surface area contributed by atoms with E-state index in [1.54, 1.807) is 0 Å². The molecule has 1 aromatic heterocycles. The number of carbonyl (C=O) groups excluding carboxylic acids is 1. The molecule has 3 atom stereocenters. The summed E-state index contributed by atoms with van der Waals surface area (Å²) in [5.74, 6) is 2.25. The van der Waals surface area contributed by atoms with Crippen LogP contribution in [0.3, 0.4) is 0 Å². The van der Waals surface area contributed by atoms with E-state index in [0.717, 1.165) is 49.2 Å². The van der Waals surface area contributed by atoms with Crippen molar-refractivity contribution < 1.29 is 4.79 Å². The summed E-state index contributed by atoms with van der Waals surface area (Å²) in [4.78, 5) is 23.2. The predicted molar refractivity (Wildman–Crippen MR) is 95.8 cm³/mol. The summed E-state index contributed by atoms with van der Waals surface area (Å²) in [6, 6.07) is 8.63. The Balaban J connectivity index is 1.24. The van der Waals surface area contributed by atoms with Gasteiger partial charge in [-0.05, 0) is 37.8 Å². The van der Waals surface area contributed by atoms with E-state index in [1.807, 2.05) is 18.2 Å². The van der Waals surface area contributed by atoms with Crippen molar-refractivity contribution in [3.05, 3.63) is 30.1 Å². The fraction of sp³-hybridized carbons (Fsp3) is 0.579. The van der Waals surface area contributed by atoms with Crippen molar-refractivity contribution in [1.29, 1.82) is 0 Å². The average Bonchev–Trinajstić information content (AvgIpc) is 3.36. The highest BCUT2D eigenvalue weighted by Crippen LogP contribution is 2.33. The molecule has 3 unspecified atom stereocenters. The van der Waals surface area contributed by atoms with Gasteiger partial charge in [0.25, 0.3) is 0 Å². The number of rotatable bonds is 2. The number of amides is 1. The molecule has 6 nitrogen and oxygen atoms in total. The van der Waals surface area contributed by atoms with Crippen LogP contribution >= 0.6 is 0 Å². The molecular formula is C19H25N5O. The van der Waals surface area contributed by atoms with Crippen molar-refractivity contribution in [3.63, 3.8) is 0 Å². The van der Waals surface area contributed by atoms with E-state index >= 15 is 0 Å². The number of nitrogens with zero attached hydrogens (tertiary/aromatic N) is 2. The second kappa shape index (κ2) is 6.11. The number of hydrazine groups is 1. The molecular weight excluding hydrogens is 314 g/mol. The maximum atomic E-state index is 12.9. The molecule has 6 heteroatoms. The van der Waals surface area contributed by atoms with Gasteiger partial charge in [-0.1, -0.05) is 18.6 Å². The van der Waals surface area contributed by atoms with Crippen molar-refractivity contribution in [2.75, 3.05) is 13.1 Å². The number of piperidine rings is 1. The van der Waals surface area contributed by atoms with Crippen LogP contribution in [0.15, 0.2) is 24.3 Å². The average molecular weight is 339 g/mol. The molecule has 1 saturated carbocycles. The van der Waals surface area contributed by atoms with Crippen molar-refractivity contribution in [2.24, 2.45) is 5.92 Å². The van der Waals surface area contributed by atoms with Crippen LogP contribution in [0, 0.1) is 5.92 Å². The summed E-state index contributed by atoms with van der Waals surface area (Å²) in [5.41, 5.74) is 8.72. The number of hydrogen-bond donors (Lipinski definition) is 3. The summed E-state index contributed by atoms with van der Waals surface area (Å²) < 4.78 is 0. The molecule has 3 heterocycles. The molecule has 1 aliphatic carbocycles. The van der Waals surface area contributed by atoms with Gasteiger partial charge in [0, 0.05) is 31.0 Å². The van der Waals surface area contributed by atoms with Crippen LogP contribution in [0.4, 0.5) is 0 Å². The lowest BCUT2D eigenvalue weighted by Crippen LogP contribution is -2.50. The standard InChI is InChI=1S/C19H25N5O/c25-19(17-13-4-3-7-14(13)22-23-17)24-10-8-12(9-11-24)18-20-15-5-1-2-6-16(15)21-18/h1-2,5-6,12-14,17,22-23H,3-4,7-11H2,(H,20,21). The molecule has 25 heavy (non-hydrogen) atoms. The van der Waals surface area contributed by atoms with E-state index in [9.17, 15) is 4.79 Å². The zero-order valence-corrected chi connectivity index (χ0v) is 14.4. The van der Waals surface area contributed by atoms with Crippen molar-refractivity contribution in [2.45, 2.75) is 50.1 Å². The number of imidazole rings is 1. The highest BCUT2D eigenvalue weighted by molar-refractivity contribution is 5.83. The largest absolute Gasteiger partial charge is 0.342 e. The van der Waals surface area contributed by atoms with Gasteiger partial charge < -0.3 is 9.88 Å². The number of H-pyrrole nitrogens is 1. The molecule has 2 aromatic rings. The van der Waals surface area contributed by atoms with E-state index < -0.39 is 0 Å². The molecule has 2 saturated heterocycles. The molecule has 2 aliphatic heterocycles. The fourth-order valence-electron chi connectivity index (χ4n) is 4.85. The third kappa shape index (κ3) is 2.64. The first kappa shape index (κ1) is 15.3. The van der Waals surface area contributed by atoms with Gasteiger partial charge in [-0.25, -0.2) is 10.4 Å². The fourth-order valence-corrected chi connectivity index (χ4v) is 4.85. The second-order valence-corrected chi connectivity index (χ2v) is 7.71. The summed E-state index contributed by atoms with van der Waals surface area (Å²) in [7, 11) is 0. The zero-order valence-electron chi connectivity index (χ0n) is 14.4. The summed E-state index contributed by atoms with van der Waals surface area (Å²) >= 11 is 0. The second-order valence-electron chi connectivity index (χ2n) is 7.71. The van der Waals surface area contributed by atoms with Gasteiger partial charge in [-0.3, -0.25) is 10.2 Å². The van der Waals surface area contributed by atoms with Gasteiger partial charge in [0.15, 0.2) is 0 Å². The number of aromatic nitrogens is 2. The lowest BCUT2D eigenvalue weighted by atomic mass is 9.93. The molecule has 132 valence electrons. The number of fused-ring (bicyclic) bond motifs is 2. The maximum absolute atomic E-state index is 12.9. The highest BCUT2D eigenvalue weighted by atomic mass is 16.2. The minimum absolute atomic E-state index is 0.0322. The van der Waals surface area contributed by atoms with Crippen molar-refractivity contribution in [3.8, 4) is 0 Å². The van der Waals surface area contributed by atoms with Crippen LogP contribution in [0.5, 0.6) is 0 Å². The maximum Gasteiger partial charge on any atom is 0.241 e. The van der Waals surface area contributed by atoms with E-state index in [1.165, 1.54) is 12.8 Å². The predicted octanol–water partition coefficient (Wildman–Crippen LogP) is 1.91. The molecule has 0 bridgehead atoms. The number of carbonyl (C=O) groups is 1. The Morgan fingerprint density at radius 3 is 2.76 bits per heavy atom. The zero-order chi connectivity index (χ0) is 16.8. The lowest BCUT2D eigenvalue weighted by Gasteiger charge is -2.33. The number of aromatic amines is 1. The molecule has 0 radical (unpaired) electrons. The number of hydrogen-bond acceptors (Lipinski definition) is 4. The SMILES string of the molecule is O=C(C1NNC2CCCC21)N1CCC(c2nc3ccccc3[nH]2)CC1. The van der Waals surface area contributed by atoms with Crippen molar-refractivity contribution >= 4 is 16.9 Å². The number of likely N-dealkylation sites (tertiary alicyclic amines) is 1. The molecule has 5 rings (SSSR count). The Morgan fingerprint density at radius 2 is 1.92 bits per heavy atom. The normalized spacial score (nSPS) is 30.1. The van der Waals surface area contributed by atoms with Gasteiger partial charge in [0.1, 0.15) is 11.9 Å². The lowest BCUT2D eigenvalue weighted by molar-refractivity contribution is -0.135. The summed E-state index contributed by atoms with van der Waals surface area (Å²) in [6.45, 7) is 1.66. The monoisotopic (exact) mass is 339 g/mol. The van der Waals surface area contributed by atoms with Crippen LogP contribution < -0.4 is 10.9 Å². The Bertz CT molecular complexity index is 746. The number of benzene rings is 1. The quantitative estimate of drug-likeness (QED) is 0.781. The summed E-state index contributed by atoms with van der Waals surface area (Å²) in [6.07, 6.45) is 5.56. The van der Waals surface area contributed by atoms with E-state index in [4.69, 9.17) is 4.98 Å². The van der Waals surface area contributed by atoms with Gasteiger partial charge in [0.05, 0.1) is 11.0 Å². The molecule has 3 aliphatic rings. The van der Waals surface area contributed by atoms with Gasteiger partial charge in [-0.15, -0.1) is 0 Å². The molecule has 3 N–H and O–H groups in total.